The summed E-state index contributed by atoms with van der Waals surface area (Å²) in [5, 5.41) is 8.75. The Morgan fingerprint density at radius 3 is 2.14 bits per heavy atom. The maximum Gasteiger partial charge on any atom is 0.573 e. The SMILES string of the molecule is COC(=O)c1cc(C(F)(F)F)cc(OC(F)(F)F)c1C#N. The van der Waals surface area contributed by atoms with Crippen molar-refractivity contribution in [1.29, 1.82) is 5.26 Å². The molecule has 0 N–H and O–H groups in total. The maximum absolute atomic E-state index is 12.6. The van der Waals surface area contributed by atoms with Crippen LogP contribution in [0.2, 0.25) is 0 Å². The van der Waals surface area contributed by atoms with E-state index in [1.165, 1.54) is 6.07 Å². The standard InChI is InChI=1S/C11H5F6NO3/c1-20-9(19)6-2-5(10(12,13)14)3-8(7(6)4-18)21-11(15,16)17/h2-3H,1H3. The van der Waals surface area contributed by atoms with E-state index in [1.54, 1.807) is 0 Å². The molecule has 0 atom stereocenters. The molecule has 0 bridgehead atoms. The number of benzene rings is 1. The molecule has 0 amide bonds. The molecule has 0 spiro atoms. The average Bonchev–Trinajstić information content (AvgIpc) is 2.33. The molecule has 0 aromatic heterocycles. The largest absolute Gasteiger partial charge is 0.573 e. The van der Waals surface area contributed by atoms with Crippen molar-refractivity contribution >= 4 is 5.97 Å². The second-order valence-electron chi connectivity index (χ2n) is 3.55. The molecule has 0 radical (unpaired) electrons. The van der Waals surface area contributed by atoms with Gasteiger partial charge in [0.05, 0.1) is 18.2 Å². The molecule has 1 rings (SSSR count). The van der Waals surface area contributed by atoms with E-state index in [1.807, 2.05) is 0 Å². The van der Waals surface area contributed by atoms with Gasteiger partial charge in [0.1, 0.15) is 17.4 Å². The minimum atomic E-state index is -5.33. The Morgan fingerprint density at radius 1 is 1.19 bits per heavy atom. The minimum Gasteiger partial charge on any atom is -0.465 e. The normalized spacial score (nSPS) is 11.7. The first-order valence-electron chi connectivity index (χ1n) is 4.99. The summed E-state index contributed by atoms with van der Waals surface area (Å²) in [4.78, 5) is 11.3. The first kappa shape index (κ1) is 16.6. The zero-order valence-corrected chi connectivity index (χ0v) is 10.1. The van der Waals surface area contributed by atoms with Crippen molar-refractivity contribution < 1.29 is 40.6 Å². The van der Waals surface area contributed by atoms with Gasteiger partial charge in [-0.25, -0.2) is 4.79 Å². The number of alkyl halides is 6. The van der Waals surface area contributed by atoms with E-state index in [2.05, 4.69) is 9.47 Å². The van der Waals surface area contributed by atoms with Crippen molar-refractivity contribution in [2.75, 3.05) is 7.11 Å². The Balaban J connectivity index is 3.61. The topological polar surface area (TPSA) is 59.3 Å². The molecule has 0 fully saturated rings. The summed E-state index contributed by atoms with van der Waals surface area (Å²) in [6, 6.07) is 1.39. The Bertz CT molecular complexity index is 600. The first-order valence-corrected chi connectivity index (χ1v) is 4.99. The minimum absolute atomic E-state index is 0.0154. The van der Waals surface area contributed by atoms with Crippen LogP contribution in [0, 0.1) is 11.3 Å². The lowest BCUT2D eigenvalue weighted by Crippen LogP contribution is -2.20. The summed E-state index contributed by atoms with van der Waals surface area (Å²) in [5.41, 5.74) is -3.57. The van der Waals surface area contributed by atoms with Crippen LogP contribution in [0.3, 0.4) is 0 Å². The molecule has 0 aliphatic heterocycles. The molecule has 0 saturated heterocycles. The van der Waals surface area contributed by atoms with E-state index in [-0.39, 0.29) is 12.1 Å². The van der Waals surface area contributed by atoms with Gasteiger partial charge in [-0.3, -0.25) is 0 Å². The van der Waals surface area contributed by atoms with E-state index >= 15 is 0 Å². The van der Waals surface area contributed by atoms with Crippen molar-refractivity contribution in [2.24, 2.45) is 0 Å². The monoisotopic (exact) mass is 313 g/mol. The summed E-state index contributed by atoms with van der Waals surface area (Å²) in [5.74, 6) is -2.83. The molecule has 114 valence electrons. The highest BCUT2D eigenvalue weighted by atomic mass is 19.4. The quantitative estimate of drug-likeness (QED) is 0.621. The Kier molecular flexibility index (Phi) is 4.36. The van der Waals surface area contributed by atoms with Crippen molar-refractivity contribution in [2.45, 2.75) is 12.5 Å². The third kappa shape index (κ3) is 4.01. The molecule has 0 heterocycles. The Morgan fingerprint density at radius 2 is 1.76 bits per heavy atom. The van der Waals surface area contributed by atoms with Gasteiger partial charge < -0.3 is 9.47 Å². The van der Waals surface area contributed by atoms with E-state index in [4.69, 9.17) is 5.26 Å². The average molecular weight is 313 g/mol. The zero-order chi connectivity index (χ0) is 16.4. The second-order valence-corrected chi connectivity index (χ2v) is 3.55. The molecule has 1 aromatic rings. The van der Waals surface area contributed by atoms with Gasteiger partial charge in [0, 0.05) is 0 Å². The van der Waals surface area contributed by atoms with Crippen molar-refractivity contribution in [3.8, 4) is 11.8 Å². The van der Waals surface area contributed by atoms with Crippen LogP contribution in [-0.2, 0) is 10.9 Å². The third-order valence-corrected chi connectivity index (χ3v) is 2.17. The van der Waals surface area contributed by atoms with Gasteiger partial charge in [-0.15, -0.1) is 13.2 Å². The fraction of sp³-hybridized carbons (Fsp3) is 0.273. The third-order valence-electron chi connectivity index (χ3n) is 2.17. The van der Waals surface area contributed by atoms with Crippen LogP contribution < -0.4 is 4.74 Å². The fourth-order valence-electron chi connectivity index (χ4n) is 1.37. The molecular formula is C11H5F6NO3. The zero-order valence-electron chi connectivity index (χ0n) is 10.1. The number of carbonyl (C=O) groups is 1. The molecule has 4 nitrogen and oxygen atoms in total. The fourth-order valence-corrected chi connectivity index (χ4v) is 1.37. The van der Waals surface area contributed by atoms with Crippen LogP contribution in [-0.4, -0.2) is 19.4 Å². The van der Waals surface area contributed by atoms with Gasteiger partial charge in [-0.2, -0.15) is 18.4 Å². The van der Waals surface area contributed by atoms with E-state index < -0.39 is 40.9 Å². The highest BCUT2D eigenvalue weighted by Gasteiger charge is 2.37. The smallest absolute Gasteiger partial charge is 0.465 e. The summed E-state index contributed by atoms with van der Waals surface area (Å²) >= 11 is 0. The van der Waals surface area contributed by atoms with E-state index in [0.29, 0.717) is 0 Å². The number of rotatable bonds is 2. The molecule has 0 saturated carbocycles. The van der Waals surface area contributed by atoms with Crippen molar-refractivity contribution in [1.82, 2.24) is 0 Å². The van der Waals surface area contributed by atoms with Crippen LogP contribution in [0.4, 0.5) is 26.3 Å². The van der Waals surface area contributed by atoms with Crippen molar-refractivity contribution in [3.05, 3.63) is 28.8 Å². The lowest BCUT2D eigenvalue weighted by atomic mass is 10.0. The molecule has 21 heavy (non-hydrogen) atoms. The predicted molar refractivity (Wildman–Crippen MR) is 54.2 cm³/mol. The molecule has 10 heteroatoms. The number of nitrogens with zero attached hydrogens (tertiary/aromatic N) is 1. The molecule has 0 aliphatic rings. The number of hydrogen-bond acceptors (Lipinski definition) is 4. The van der Waals surface area contributed by atoms with Crippen LogP contribution >= 0.6 is 0 Å². The second kappa shape index (κ2) is 5.51. The molecule has 0 aliphatic carbocycles. The van der Waals surface area contributed by atoms with Gasteiger partial charge in [0.15, 0.2) is 0 Å². The summed E-state index contributed by atoms with van der Waals surface area (Å²) in [6.07, 6.45) is -10.4. The van der Waals surface area contributed by atoms with Gasteiger partial charge >= 0.3 is 18.5 Å². The summed E-state index contributed by atoms with van der Waals surface area (Å²) in [7, 11) is 0.800. The number of halogens is 6. The molecule has 0 unspecified atom stereocenters. The van der Waals surface area contributed by atoms with Gasteiger partial charge in [0.2, 0.25) is 0 Å². The van der Waals surface area contributed by atoms with Crippen LogP contribution in [0.25, 0.3) is 0 Å². The first-order chi connectivity index (χ1) is 9.49. The summed E-state index contributed by atoms with van der Waals surface area (Å²) in [6.45, 7) is 0. The number of carbonyl (C=O) groups excluding carboxylic acids is 1. The highest BCUT2D eigenvalue weighted by molar-refractivity contribution is 5.93. The van der Waals surface area contributed by atoms with Gasteiger partial charge in [0.25, 0.3) is 0 Å². The number of nitriles is 1. The summed E-state index contributed by atoms with van der Waals surface area (Å²) < 4.78 is 81.9. The lowest BCUT2D eigenvalue weighted by molar-refractivity contribution is -0.274. The maximum atomic E-state index is 12.6. The molecular weight excluding hydrogens is 308 g/mol. The van der Waals surface area contributed by atoms with Gasteiger partial charge in [-0.1, -0.05) is 0 Å². The number of methoxy groups -OCH3 is 1. The molecule has 1 aromatic carbocycles. The number of esters is 1. The van der Waals surface area contributed by atoms with Crippen LogP contribution in [0.1, 0.15) is 21.5 Å². The highest BCUT2D eigenvalue weighted by Crippen LogP contribution is 2.37. The van der Waals surface area contributed by atoms with E-state index in [0.717, 1.165) is 7.11 Å². The lowest BCUT2D eigenvalue weighted by Gasteiger charge is -2.15. The van der Waals surface area contributed by atoms with Gasteiger partial charge in [-0.05, 0) is 12.1 Å². The van der Waals surface area contributed by atoms with Crippen LogP contribution in [0.5, 0.6) is 5.75 Å². The predicted octanol–water partition coefficient (Wildman–Crippen LogP) is 3.26. The Hall–Kier alpha value is -2.44. The van der Waals surface area contributed by atoms with E-state index in [9.17, 15) is 31.1 Å². The Labute approximate surface area is 113 Å². The number of hydrogen-bond donors (Lipinski definition) is 0. The van der Waals surface area contributed by atoms with Crippen LogP contribution in [0.15, 0.2) is 12.1 Å². The van der Waals surface area contributed by atoms with Crippen molar-refractivity contribution in [3.63, 3.8) is 0 Å². The number of ether oxygens (including phenoxy) is 2.